The molecule has 13 nitrogen and oxygen atoms in total. The maximum atomic E-state index is 13.7. The Hall–Kier alpha value is -4.21. The molecule has 0 atom stereocenters. The normalized spacial score (nSPS) is 11.3. The van der Waals surface area contributed by atoms with E-state index in [4.69, 9.17) is 5.73 Å². The van der Waals surface area contributed by atoms with E-state index in [0.29, 0.717) is 16.9 Å². The second-order valence-corrected chi connectivity index (χ2v) is 7.09. The maximum absolute atomic E-state index is 13.7. The van der Waals surface area contributed by atoms with E-state index in [1.807, 2.05) is 0 Å². The first-order valence-electron chi connectivity index (χ1n) is 8.72. The van der Waals surface area contributed by atoms with Gasteiger partial charge in [-0.25, -0.2) is 18.8 Å². The van der Waals surface area contributed by atoms with Crippen LogP contribution in [-0.4, -0.2) is 52.2 Å². The molecule has 3 aromatic heterocycles. The number of nitrogens with zero attached hydrogens (tertiary/aromatic N) is 9. The number of carbonyl (C=O) groups is 1. The van der Waals surface area contributed by atoms with Crippen LogP contribution in [-0.2, 0) is 12.8 Å². The summed E-state index contributed by atoms with van der Waals surface area (Å²) in [6, 6.07) is 2.95. The van der Waals surface area contributed by atoms with Crippen molar-refractivity contribution in [3.05, 3.63) is 53.1 Å². The number of aryl methyl sites for hydroxylation is 1. The van der Waals surface area contributed by atoms with Gasteiger partial charge >= 0.3 is 0 Å². The van der Waals surface area contributed by atoms with E-state index >= 15 is 0 Å². The summed E-state index contributed by atoms with van der Waals surface area (Å²) < 4.78 is 34.2. The molecule has 0 aliphatic rings. The SMILES string of the molecule is Cn1cnnc1SCc1c(C(=O)N/N=C/c2ccc(F)cc2F)nnn1-c1nonc1N. The number of nitrogen functional groups attached to an aromatic ring is 1. The van der Waals surface area contributed by atoms with Crippen molar-refractivity contribution in [3.63, 3.8) is 0 Å². The smallest absolute Gasteiger partial charge is 0.293 e. The minimum atomic E-state index is -0.830. The molecule has 0 bridgehead atoms. The number of aromatic nitrogens is 8. The van der Waals surface area contributed by atoms with Gasteiger partial charge in [0.15, 0.2) is 10.9 Å². The molecule has 4 rings (SSSR count). The summed E-state index contributed by atoms with van der Waals surface area (Å²) in [5, 5.41) is 27.0. The number of amides is 1. The Morgan fingerprint density at radius 2 is 2.19 bits per heavy atom. The van der Waals surface area contributed by atoms with Crippen LogP contribution in [0.3, 0.4) is 0 Å². The lowest BCUT2D eigenvalue weighted by Crippen LogP contribution is -2.20. The molecule has 0 radical (unpaired) electrons. The van der Waals surface area contributed by atoms with Crippen LogP contribution in [0.25, 0.3) is 5.82 Å². The van der Waals surface area contributed by atoms with Crippen molar-refractivity contribution in [1.29, 1.82) is 0 Å². The van der Waals surface area contributed by atoms with Gasteiger partial charge in [-0.15, -0.1) is 15.3 Å². The Kier molecular flexibility index (Phi) is 5.84. The molecule has 3 heterocycles. The van der Waals surface area contributed by atoms with Crippen molar-refractivity contribution in [2.75, 3.05) is 5.73 Å². The van der Waals surface area contributed by atoms with Crippen LogP contribution >= 0.6 is 11.8 Å². The molecule has 0 unspecified atom stereocenters. The number of carbonyl (C=O) groups excluding carboxylic acids is 1. The summed E-state index contributed by atoms with van der Waals surface area (Å²) in [6.45, 7) is 0. The molecule has 16 heteroatoms. The Labute approximate surface area is 181 Å². The Balaban J connectivity index is 1.58. The van der Waals surface area contributed by atoms with Gasteiger partial charge in [-0.05, 0) is 22.4 Å². The van der Waals surface area contributed by atoms with Crippen LogP contribution in [0.4, 0.5) is 14.6 Å². The molecule has 4 aromatic rings. The topological polar surface area (TPSA) is 168 Å². The van der Waals surface area contributed by atoms with Gasteiger partial charge in [0.2, 0.25) is 11.6 Å². The third-order valence-corrected chi connectivity index (χ3v) is 5.06. The number of anilines is 1. The summed E-state index contributed by atoms with van der Waals surface area (Å²) in [4.78, 5) is 12.7. The lowest BCUT2D eigenvalue weighted by Gasteiger charge is -2.05. The van der Waals surface area contributed by atoms with Crippen LogP contribution in [0.2, 0.25) is 0 Å². The van der Waals surface area contributed by atoms with Crippen molar-refractivity contribution < 1.29 is 18.2 Å². The fourth-order valence-corrected chi connectivity index (χ4v) is 3.35. The summed E-state index contributed by atoms with van der Waals surface area (Å²) in [5.74, 6) is -2.14. The first-order valence-corrected chi connectivity index (χ1v) is 9.71. The van der Waals surface area contributed by atoms with Crippen molar-refractivity contribution >= 4 is 29.7 Å². The predicted molar refractivity (Wildman–Crippen MR) is 106 cm³/mol. The molecule has 1 amide bonds. The zero-order valence-electron chi connectivity index (χ0n) is 16.2. The number of nitrogens with two attached hydrogens (primary N) is 1. The molecule has 0 saturated heterocycles. The van der Waals surface area contributed by atoms with Crippen LogP contribution in [0.5, 0.6) is 0 Å². The van der Waals surface area contributed by atoms with Crippen LogP contribution in [0.15, 0.2) is 39.4 Å². The van der Waals surface area contributed by atoms with Gasteiger partial charge in [0.25, 0.3) is 5.91 Å². The largest absolute Gasteiger partial charge is 0.378 e. The third kappa shape index (κ3) is 4.29. The number of halogens is 2. The van der Waals surface area contributed by atoms with E-state index in [1.54, 1.807) is 11.6 Å². The Bertz CT molecular complexity index is 1300. The van der Waals surface area contributed by atoms with E-state index in [-0.39, 0.29) is 28.6 Å². The van der Waals surface area contributed by atoms with Crippen LogP contribution in [0.1, 0.15) is 21.7 Å². The minimum absolute atomic E-state index is 0.0186. The Morgan fingerprint density at radius 3 is 2.88 bits per heavy atom. The highest BCUT2D eigenvalue weighted by Crippen LogP contribution is 2.24. The third-order valence-electron chi connectivity index (χ3n) is 4.01. The van der Waals surface area contributed by atoms with Crippen molar-refractivity contribution in [2.24, 2.45) is 12.1 Å². The fourth-order valence-electron chi connectivity index (χ4n) is 2.47. The highest BCUT2D eigenvalue weighted by atomic mass is 32.2. The maximum Gasteiger partial charge on any atom is 0.293 e. The molecule has 0 fully saturated rings. The molecule has 1 aromatic carbocycles. The number of hydrazone groups is 1. The molecule has 32 heavy (non-hydrogen) atoms. The number of rotatable bonds is 7. The molecular weight excluding hydrogens is 448 g/mol. The van der Waals surface area contributed by atoms with Gasteiger partial charge in [0.05, 0.1) is 11.9 Å². The van der Waals surface area contributed by atoms with E-state index in [9.17, 15) is 13.6 Å². The average Bonchev–Trinajstić information content (AvgIpc) is 3.47. The molecule has 0 spiro atoms. The number of nitrogens with one attached hydrogen (secondary N) is 1. The molecule has 0 aliphatic carbocycles. The first-order chi connectivity index (χ1) is 15.4. The van der Waals surface area contributed by atoms with E-state index in [1.165, 1.54) is 28.8 Å². The second-order valence-electron chi connectivity index (χ2n) is 6.15. The quantitative estimate of drug-likeness (QED) is 0.227. The number of benzene rings is 1. The molecule has 164 valence electrons. The summed E-state index contributed by atoms with van der Waals surface area (Å²) >= 11 is 1.25. The minimum Gasteiger partial charge on any atom is -0.378 e. The van der Waals surface area contributed by atoms with Crippen molar-refractivity contribution in [1.82, 2.24) is 45.5 Å². The fraction of sp³-hybridized carbons (Fsp3) is 0.125. The summed E-state index contributed by atoms with van der Waals surface area (Å²) in [6.07, 6.45) is 2.55. The number of hydrogen-bond donors (Lipinski definition) is 2. The average molecular weight is 461 g/mol. The zero-order chi connectivity index (χ0) is 22.7. The van der Waals surface area contributed by atoms with Gasteiger partial charge in [-0.3, -0.25) is 4.79 Å². The number of hydrogen-bond acceptors (Lipinski definition) is 11. The summed E-state index contributed by atoms with van der Waals surface area (Å²) in [7, 11) is 1.76. The monoisotopic (exact) mass is 461 g/mol. The van der Waals surface area contributed by atoms with Gasteiger partial charge in [0, 0.05) is 24.4 Å². The number of thioether (sulfide) groups is 1. The van der Waals surface area contributed by atoms with Gasteiger partial charge < -0.3 is 10.3 Å². The van der Waals surface area contributed by atoms with E-state index in [0.717, 1.165) is 12.3 Å². The highest BCUT2D eigenvalue weighted by Gasteiger charge is 2.24. The van der Waals surface area contributed by atoms with E-state index in [2.05, 4.69) is 46.0 Å². The van der Waals surface area contributed by atoms with Crippen LogP contribution < -0.4 is 11.2 Å². The molecular formula is C16H13F2N11O2S. The van der Waals surface area contributed by atoms with Gasteiger partial charge in [-0.2, -0.15) is 9.78 Å². The van der Waals surface area contributed by atoms with Crippen molar-refractivity contribution in [2.45, 2.75) is 10.9 Å². The Morgan fingerprint density at radius 1 is 1.34 bits per heavy atom. The molecule has 0 aliphatic heterocycles. The summed E-state index contributed by atoms with van der Waals surface area (Å²) in [5.41, 5.74) is 8.14. The second kappa shape index (κ2) is 8.88. The zero-order valence-corrected chi connectivity index (χ0v) is 17.0. The molecule has 3 N–H and O–H groups in total. The van der Waals surface area contributed by atoms with Gasteiger partial charge in [-0.1, -0.05) is 17.0 Å². The lowest BCUT2D eigenvalue weighted by molar-refractivity contribution is 0.0949. The predicted octanol–water partition coefficient (Wildman–Crippen LogP) is 0.695. The standard InChI is InChI=1S/C16H13F2N11O2S/c1-28-7-21-24-16(28)32-6-11-12(22-27-29(11)14-13(19)25-31-26-14)15(30)23-20-5-8-2-3-9(17)4-10(8)18/h2-5,7H,6H2,1H3,(H2,19,25)(H,23,30)/b20-5+. The van der Waals surface area contributed by atoms with Gasteiger partial charge in [0.1, 0.15) is 18.0 Å². The van der Waals surface area contributed by atoms with E-state index < -0.39 is 17.5 Å². The highest BCUT2D eigenvalue weighted by molar-refractivity contribution is 7.98. The molecule has 0 saturated carbocycles. The first kappa shape index (κ1) is 21.0. The van der Waals surface area contributed by atoms with Crippen molar-refractivity contribution in [3.8, 4) is 5.82 Å². The lowest BCUT2D eigenvalue weighted by atomic mass is 10.2. The van der Waals surface area contributed by atoms with Crippen LogP contribution in [0, 0.1) is 11.6 Å².